The molecule has 0 aromatic carbocycles. The second kappa shape index (κ2) is 4.41. The van der Waals surface area contributed by atoms with E-state index >= 15 is 0 Å². The predicted molar refractivity (Wildman–Crippen MR) is 67.6 cm³/mol. The minimum atomic E-state index is 0.707. The Kier molecular flexibility index (Phi) is 2.76. The Hall–Kier alpha value is -1.49. The highest BCUT2D eigenvalue weighted by Crippen LogP contribution is 2.16. The molecule has 0 saturated carbocycles. The molecule has 0 radical (unpaired) electrons. The number of aromatic nitrogens is 2. The Balaban J connectivity index is 1.80. The molecule has 3 rings (SSSR count). The van der Waals surface area contributed by atoms with E-state index in [0.717, 1.165) is 44.2 Å². The first kappa shape index (κ1) is 10.7. The molecule has 2 aliphatic heterocycles. The molecule has 5 nitrogen and oxygen atoms in total. The molecule has 0 unspecified atom stereocenters. The zero-order chi connectivity index (χ0) is 11.7. The molecule has 0 N–H and O–H groups in total. The predicted octanol–water partition coefficient (Wildman–Crippen LogP) is 0.355. The summed E-state index contributed by atoms with van der Waals surface area (Å²) in [6, 6.07) is 0. The Morgan fingerprint density at radius 3 is 2.82 bits per heavy atom. The average Bonchev–Trinajstić information content (AvgIpc) is 2.39. The van der Waals surface area contributed by atoms with Gasteiger partial charge in [-0.15, -0.1) is 0 Å². The van der Waals surface area contributed by atoms with Gasteiger partial charge in [-0.05, 0) is 12.6 Å². The molecule has 0 amide bonds. The van der Waals surface area contributed by atoms with Crippen LogP contribution in [-0.2, 0) is 13.0 Å². The average molecular weight is 231 g/mol. The maximum Gasteiger partial charge on any atom is 0.225 e. The summed E-state index contributed by atoms with van der Waals surface area (Å²) in [5.41, 5.74) is 2.31. The summed E-state index contributed by atoms with van der Waals surface area (Å²) in [4.78, 5) is 18.0. The number of hydrogen-bond donors (Lipinski definition) is 0. The standard InChI is InChI=1S/C12H17N5/c1-16-4-6-17(7-5-16)12-14-8-10-2-3-13-9-11(10)15-12/h3,8H,2,4-7,9H2,1H3. The number of piperazine rings is 1. The SMILES string of the molecule is CN1CCN(c2ncc3c(n2)CN=CC3)CC1. The third kappa shape index (κ3) is 2.15. The molecule has 1 fully saturated rings. The third-order valence-electron chi connectivity index (χ3n) is 3.41. The molecular weight excluding hydrogens is 214 g/mol. The van der Waals surface area contributed by atoms with E-state index in [-0.39, 0.29) is 0 Å². The van der Waals surface area contributed by atoms with Gasteiger partial charge in [0.05, 0.1) is 12.2 Å². The number of nitrogens with zero attached hydrogens (tertiary/aromatic N) is 5. The Labute approximate surface area is 101 Å². The summed E-state index contributed by atoms with van der Waals surface area (Å²) in [7, 11) is 2.15. The highest BCUT2D eigenvalue weighted by atomic mass is 15.3. The minimum Gasteiger partial charge on any atom is -0.338 e. The molecule has 3 heterocycles. The summed E-state index contributed by atoms with van der Waals surface area (Å²) in [5, 5.41) is 0. The lowest BCUT2D eigenvalue weighted by atomic mass is 10.1. The van der Waals surface area contributed by atoms with Gasteiger partial charge in [0.15, 0.2) is 0 Å². The van der Waals surface area contributed by atoms with E-state index in [1.807, 2.05) is 12.4 Å². The number of fused-ring (bicyclic) bond motifs is 1. The van der Waals surface area contributed by atoms with Crippen LogP contribution >= 0.6 is 0 Å². The van der Waals surface area contributed by atoms with Crippen LogP contribution in [-0.4, -0.2) is 54.3 Å². The second-order valence-electron chi connectivity index (χ2n) is 4.66. The van der Waals surface area contributed by atoms with Crippen LogP contribution < -0.4 is 4.90 Å². The number of likely N-dealkylation sites (N-methyl/N-ethyl adjacent to an activating group) is 1. The summed E-state index contributed by atoms with van der Waals surface area (Å²) < 4.78 is 0. The fraction of sp³-hybridized carbons (Fsp3) is 0.583. The normalized spacial score (nSPS) is 20.4. The van der Waals surface area contributed by atoms with E-state index in [4.69, 9.17) is 0 Å². The van der Waals surface area contributed by atoms with Crippen molar-refractivity contribution >= 4 is 12.2 Å². The van der Waals surface area contributed by atoms with E-state index in [1.165, 1.54) is 5.56 Å². The first-order chi connectivity index (χ1) is 8.33. The molecule has 0 aliphatic carbocycles. The van der Waals surface area contributed by atoms with E-state index in [9.17, 15) is 0 Å². The van der Waals surface area contributed by atoms with Crippen LogP contribution in [0.2, 0.25) is 0 Å². The van der Waals surface area contributed by atoms with Gasteiger partial charge in [-0.2, -0.15) is 0 Å². The Morgan fingerprint density at radius 2 is 2.00 bits per heavy atom. The van der Waals surface area contributed by atoms with Crippen molar-refractivity contribution in [1.82, 2.24) is 14.9 Å². The van der Waals surface area contributed by atoms with Crippen molar-refractivity contribution in [2.45, 2.75) is 13.0 Å². The molecule has 90 valence electrons. The smallest absolute Gasteiger partial charge is 0.225 e. The molecule has 17 heavy (non-hydrogen) atoms. The molecular formula is C12H17N5. The van der Waals surface area contributed by atoms with Gasteiger partial charge in [0, 0.05) is 45.0 Å². The highest BCUT2D eigenvalue weighted by Gasteiger charge is 2.18. The zero-order valence-corrected chi connectivity index (χ0v) is 10.1. The lowest BCUT2D eigenvalue weighted by molar-refractivity contribution is 0.311. The molecule has 1 saturated heterocycles. The summed E-state index contributed by atoms with van der Waals surface area (Å²) in [6.07, 6.45) is 4.78. The van der Waals surface area contributed by atoms with Crippen molar-refractivity contribution in [3.8, 4) is 0 Å². The van der Waals surface area contributed by atoms with E-state index in [1.54, 1.807) is 0 Å². The Morgan fingerprint density at radius 1 is 1.18 bits per heavy atom. The van der Waals surface area contributed by atoms with Gasteiger partial charge in [0.25, 0.3) is 0 Å². The minimum absolute atomic E-state index is 0.707. The number of aliphatic imine (C=N–C) groups is 1. The molecule has 0 atom stereocenters. The van der Waals surface area contributed by atoms with Crippen molar-refractivity contribution < 1.29 is 0 Å². The van der Waals surface area contributed by atoms with Crippen molar-refractivity contribution in [3.63, 3.8) is 0 Å². The van der Waals surface area contributed by atoms with Crippen LogP contribution in [0.1, 0.15) is 11.3 Å². The van der Waals surface area contributed by atoms with E-state index in [2.05, 4.69) is 31.8 Å². The molecule has 1 aromatic heterocycles. The molecule has 0 spiro atoms. The lowest BCUT2D eigenvalue weighted by Crippen LogP contribution is -2.45. The monoisotopic (exact) mass is 231 g/mol. The number of hydrogen-bond acceptors (Lipinski definition) is 5. The Bertz CT molecular complexity index is 435. The summed E-state index contributed by atoms with van der Waals surface area (Å²) >= 11 is 0. The van der Waals surface area contributed by atoms with Crippen LogP contribution in [0.25, 0.3) is 0 Å². The van der Waals surface area contributed by atoms with Crippen LogP contribution in [0, 0.1) is 0 Å². The van der Waals surface area contributed by atoms with E-state index in [0.29, 0.717) is 6.54 Å². The van der Waals surface area contributed by atoms with Gasteiger partial charge in [-0.1, -0.05) is 0 Å². The molecule has 1 aromatic rings. The van der Waals surface area contributed by atoms with Gasteiger partial charge in [0.2, 0.25) is 5.95 Å². The maximum absolute atomic E-state index is 4.64. The van der Waals surface area contributed by atoms with Crippen molar-refractivity contribution in [1.29, 1.82) is 0 Å². The lowest BCUT2D eigenvalue weighted by Gasteiger charge is -2.32. The van der Waals surface area contributed by atoms with Gasteiger partial charge in [-0.3, -0.25) is 4.99 Å². The summed E-state index contributed by atoms with van der Waals surface area (Å²) in [6.45, 7) is 4.90. The maximum atomic E-state index is 4.64. The largest absolute Gasteiger partial charge is 0.338 e. The fourth-order valence-electron chi connectivity index (χ4n) is 2.21. The summed E-state index contributed by atoms with van der Waals surface area (Å²) in [5.74, 6) is 0.869. The van der Waals surface area contributed by atoms with Crippen molar-refractivity contribution in [2.75, 3.05) is 38.1 Å². The quantitative estimate of drug-likeness (QED) is 0.700. The van der Waals surface area contributed by atoms with Crippen molar-refractivity contribution in [3.05, 3.63) is 17.5 Å². The van der Waals surface area contributed by atoms with Gasteiger partial charge >= 0.3 is 0 Å². The molecule has 2 aliphatic rings. The van der Waals surface area contributed by atoms with Gasteiger partial charge in [0.1, 0.15) is 0 Å². The van der Waals surface area contributed by atoms with Crippen LogP contribution in [0.5, 0.6) is 0 Å². The van der Waals surface area contributed by atoms with Crippen LogP contribution in [0.3, 0.4) is 0 Å². The van der Waals surface area contributed by atoms with Crippen LogP contribution in [0.4, 0.5) is 5.95 Å². The highest BCUT2D eigenvalue weighted by molar-refractivity contribution is 5.63. The topological polar surface area (TPSA) is 44.6 Å². The number of rotatable bonds is 1. The zero-order valence-electron chi connectivity index (χ0n) is 10.1. The fourth-order valence-corrected chi connectivity index (χ4v) is 2.21. The van der Waals surface area contributed by atoms with Crippen LogP contribution in [0.15, 0.2) is 11.2 Å². The van der Waals surface area contributed by atoms with E-state index < -0.39 is 0 Å². The first-order valence-electron chi connectivity index (χ1n) is 6.09. The third-order valence-corrected chi connectivity index (χ3v) is 3.41. The van der Waals surface area contributed by atoms with Gasteiger partial charge in [-0.25, -0.2) is 9.97 Å². The van der Waals surface area contributed by atoms with Crippen molar-refractivity contribution in [2.24, 2.45) is 4.99 Å². The molecule has 5 heteroatoms. The number of anilines is 1. The second-order valence-corrected chi connectivity index (χ2v) is 4.66. The molecule has 0 bridgehead atoms. The first-order valence-corrected chi connectivity index (χ1v) is 6.09. The van der Waals surface area contributed by atoms with Gasteiger partial charge < -0.3 is 9.80 Å².